The number of hydrogen-bond donors (Lipinski definition) is 0. The molecule has 0 aliphatic carbocycles. The summed E-state index contributed by atoms with van der Waals surface area (Å²) in [6.07, 6.45) is 4.22. The van der Waals surface area contributed by atoms with Gasteiger partial charge in [0.1, 0.15) is 0 Å². The van der Waals surface area contributed by atoms with Crippen LogP contribution in [0.25, 0.3) is 0 Å². The number of benzene rings is 1. The Morgan fingerprint density at radius 2 is 2.00 bits per heavy atom. The summed E-state index contributed by atoms with van der Waals surface area (Å²) in [6, 6.07) is 11.4. The minimum atomic E-state index is 0.210. The lowest BCUT2D eigenvalue weighted by Gasteiger charge is -1.99. The number of rotatable bonds is 5. The first-order valence-corrected chi connectivity index (χ1v) is 5.82. The van der Waals surface area contributed by atoms with Crippen molar-refractivity contribution in [2.24, 2.45) is 7.05 Å². The Balaban J connectivity index is 1.81. The lowest BCUT2D eigenvalue weighted by Crippen LogP contribution is -2.00. The molecule has 0 bridgehead atoms. The van der Waals surface area contributed by atoms with Crippen molar-refractivity contribution in [3.8, 4) is 0 Å². The maximum absolute atomic E-state index is 11.8. The molecule has 0 saturated carbocycles. The molecule has 1 aromatic carbocycles. The second kappa shape index (κ2) is 5.43. The summed E-state index contributed by atoms with van der Waals surface area (Å²) in [6.45, 7) is 0. The summed E-state index contributed by atoms with van der Waals surface area (Å²) in [5.41, 5.74) is 1.85. The van der Waals surface area contributed by atoms with Crippen LogP contribution in [0.5, 0.6) is 0 Å². The van der Waals surface area contributed by atoms with Crippen molar-refractivity contribution in [2.45, 2.75) is 19.3 Å². The van der Waals surface area contributed by atoms with Gasteiger partial charge in [0.2, 0.25) is 0 Å². The number of carbonyl (C=O) groups excluding carboxylic acids is 1. The molecule has 3 heteroatoms. The zero-order chi connectivity index (χ0) is 12.1. The summed E-state index contributed by atoms with van der Waals surface area (Å²) in [5.74, 6) is 0.210. The molecule has 2 rings (SSSR count). The van der Waals surface area contributed by atoms with E-state index >= 15 is 0 Å². The van der Waals surface area contributed by atoms with Crippen LogP contribution in [0, 0.1) is 0 Å². The number of ketones is 1. The minimum absolute atomic E-state index is 0.210. The number of nitrogens with zero attached hydrogens (tertiary/aromatic N) is 2. The molecule has 0 radical (unpaired) electrons. The normalized spacial score (nSPS) is 10.4. The van der Waals surface area contributed by atoms with Crippen LogP contribution in [0.15, 0.2) is 42.6 Å². The smallest absolute Gasteiger partial charge is 0.162 e. The van der Waals surface area contributed by atoms with Crippen molar-refractivity contribution < 1.29 is 4.79 Å². The highest BCUT2D eigenvalue weighted by Gasteiger charge is 2.05. The number of Topliss-reactive ketones (excluding diaryl/α,β-unsaturated/α-hetero) is 1. The van der Waals surface area contributed by atoms with E-state index in [1.165, 1.54) is 0 Å². The standard InChI is InChI=1S/C14H16N2O/c1-16-11-10-13(15-16)8-5-9-14(17)12-6-3-2-4-7-12/h2-4,6-7,10-11H,5,8-9H2,1H3. The fourth-order valence-electron chi connectivity index (χ4n) is 1.79. The summed E-state index contributed by atoms with van der Waals surface area (Å²) in [7, 11) is 1.90. The van der Waals surface area contributed by atoms with Crippen LogP contribution in [-0.2, 0) is 13.5 Å². The molecule has 1 aromatic heterocycles. The number of aromatic nitrogens is 2. The first-order valence-electron chi connectivity index (χ1n) is 5.82. The molecule has 0 fully saturated rings. The number of hydrogen-bond acceptors (Lipinski definition) is 2. The van der Waals surface area contributed by atoms with E-state index in [2.05, 4.69) is 5.10 Å². The third kappa shape index (κ3) is 3.28. The van der Waals surface area contributed by atoms with Crippen LogP contribution >= 0.6 is 0 Å². The fraction of sp³-hybridized carbons (Fsp3) is 0.286. The second-order valence-electron chi connectivity index (χ2n) is 4.12. The maximum Gasteiger partial charge on any atom is 0.162 e. The predicted octanol–water partition coefficient (Wildman–Crippen LogP) is 2.63. The molecule has 88 valence electrons. The summed E-state index contributed by atoms with van der Waals surface area (Å²) in [4.78, 5) is 11.8. The summed E-state index contributed by atoms with van der Waals surface area (Å²) < 4.78 is 1.79. The largest absolute Gasteiger partial charge is 0.294 e. The van der Waals surface area contributed by atoms with Crippen LogP contribution in [0.2, 0.25) is 0 Å². The van der Waals surface area contributed by atoms with E-state index < -0.39 is 0 Å². The van der Waals surface area contributed by atoms with Gasteiger partial charge in [0.15, 0.2) is 5.78 Å². The predicted molar refractivity (Wildman–Crippen MR) is 66.9 cm³/mol. The van der Waals surface area contributed by atoms with Crippen LogP contribution in [0.1, 0.15) is 28.9 Å². The van der Waals surface area contributed by atoms with E-state index in [1.54, 1.807) is 4.68 Å². The van der Waals surface area contributed by atoms with Crippen molar-refractivity contribution in [1.29, 1.82) is 0 Å². The molecular weight excluding hydrogens is 212 g/mol. The molecule has 0 saturated heterocycles. The highest BCUT2D eigenvalue weighted by Crippen LogP contribution is 2.07. The lowest BCUT2D eigenvalue weighted by atomic mass is 10.1. The molecule has 0 unspecified atom stereocenters. The van der Waals surface area contributed by atoms with Gasteiger partial charge in [-0.1, -0.05) is 30.3 Å². The molecule has 0 atom stereocenters. The van der Waals surface area contributed by atoms with Gasteiger partial charge in [0.05, 0.1) is 5.69 Å². The fourth-order valence-corrected chi connectivity index (χ4v) is 1.79. The van der Waals surface area contributed by atoms with E-state index in [1.807, 2.05) is 49.6 Å². The minimum Gasteiger partial charge on any atom is -0.294 e. The third-order valence-electron chi connectivity index (χ3n) is 2.70. The van der Waals surface area contributed by atoms with Crippen molar-refractivity contribution >= 4 is 5.78 Å². The number of aryl methyl sites for hydroxylation is 2. The van der Waals surface area contributed by atoms with E-state index in [0.29, 0.717) is 6.42 Å². The highest BCUT2D eigenvalue weighted by molar-refractivity contribution is 5.95. The van der Waals surface area contributed by atoms with Crippen LogP contribution < -0.4 is 0 Å². The Labute approximate surface area is 101 Å². The zero-order valence-corrected chi connectivity index (χ0v) is 9.97. The first-order chi connectivity index (χ1) is 8.25. The monoisotopic (exact) mass is 228 g/mol. The van der Waals surface area contributed by atoms with Gasteiger partial charge in [-0.3, -0.25) is 9.48 Å². The van der Waals surface area contributed by atoms with Crippen LogP contribution in [0.3, 0.4) is 0 Å². The highest BCUT2D eigenvalue weighted by atomic mass is 16.1. The van der Waals surface area contributed by atoms with E-state index in [4.69, 9.17) is 0 Å². The topological polar surface area (TPSA) is 34.9 Å². The average molecular weight is 228 g/mol. The lowest BCUT2D eigenvalue weighted by molar-refractivity contribution is 0.0980. The molecule has 3 nitrogen and oxygen atoms in total. The molecule has 2 aromatic rings. The molecule has 0 N–H and O–H groups in total. The van der Waals surface area contributed by atoms with Gasteiger partial charge in [-0.25, -0.2) is 0 Å². The molecule has 0 aliphatic heterocycles. The molecule has 0 aliphatic rings. The average Bonchev–Trinajstić information content (AvgIpc) is 2.76. The van der Waals surface area contributed by atoms with Gasteiger partial charge in [0.25, 0.3) is 0 Å². The van der Waals surface area contributed by atoms with Crippen molar-refractivity contribution in [3.63, 3.8) is 0 Å². The Hall–Kier alpha value is -1.90. The van der Waals surface area contributed by atoms with E-state index in [0.717, 1.165) is 24.1 Å². The van der Waals surface area contributed by atoms with Crippen LogP contribution in [-0.4, -0.2) is 15.6 Å². The van der Waals surface area contributed by atoms with Gasteiger partial charge in [-0.2, -0.15) is 5.10 Å². The van der Waals surface area contributed by atoms with Crippen molar-refractivity contribution in [1.82, 2.24) is 9.78 Å². The maximum atomic E-state index is 11.8. The molecule has 0 spiro atoms. The Bertz CT molecular complexity index is 488. The molecular formula is C14H16N2O. The second-order valence-corrected chi connectivity index (χ2v) is 4.12. The molecule has 1 heterocycles. The third-order valence-corrected chi connectivity index (χ3v) is 2.70. The van der Waals surface area contributed by atoms with E-state index in [-0.39, 0.29) is 5.78 Å². The van der Waals surface area contributed by atoms with Crippen LogP contribution in [0.4, 0.5) is 0 Å². The Morgan fingerprint density at radius 1 is 1.24 bits per heavy atom. The number of carbonyl (C=O) groups is 1. The summed E-state index contributed by atoms with van der Waals surface area (Å²) in [5, 5.41) is 4.29. The first kappa shape index (κ1) is 11.6. The van der Waals surface area contributed by atoms with Crippen molar-refractivity contribution in [2.75, 3.05) is 0 Å². The molecule has 17 heavy (non-hydrogen) atoms. The van der Waals surface area contributed by atoms with Gasteiger partial charge < -0.3 is 0 Å². The summed E-state index contributed by atoms with van der Waals surface area (Å²) >= 11 is 0. The quantitative estimate of drug-likeness (QED) is 0.737. The van der Waals surface area contributed by atoms with E-state index in [9.17, 15) is 4.79 Å². The van der Waals surface area contributed by atoms with Gasteiger partial charge in [0, 0.05) is 25.2 Å². The van der Waals surface area contributed by atoms with Gasteiger partial charge in [-0.15, -0.1) is 0 Å². The Morgan fingerprint density at radius 3 is 2.65 bits per heavy atom. The SMILES string of the molecule is Cn1ccc(CCCC(=O)c2ccccc2)n1. The molecule has 0 amide bonds. The van der Waals surface area contributed by atoms with Crippen molar-refractivity contribution in [3.05, 3.63) is 53.9 Å². The zero-order valence-electron chi connectivity index (χ0n) is 9.97. The van der Waals surface area contributed by atoms with Gasteiger partial charge >= 0.3 is 0 Å². The van der Waals surface area contributed by atoms with Gasteiger partial charge in [-0.05, 0) is 18.9 Å². The Kier molecular flexibility index (Phi) is 3.70.